The lowest BCUT2D eigenvalue weighted by molar-refractivity contribution is 0.00271. The molecular weight excluding hydrogens is 344 g/mol. The van der Waals surface area contributed by atoms with Crippen molar-refractivity contribution in [2.24, 2.45) is 16.3 Å². The van der Waals surface area contributed by atoms with E-state index in [0.29, 0.717) is 18.6 Å². The third kappa shape index (κ3) is 6.59. The summed E-state index contributed by atoms with van der Waals surface area (Å²) in [5.74, 6) is 1.50. The quantitative estimate of drug-likeness (QED) is 0.386. The van der Waals surface area contributed by atoms with Crippen LogP contribution in [0.3, 0.4) is 0 Å². The van der Waals surface area contributed by atoms with Gasteiger partial charge in [-0.3, -0.25) is 9.89 Å². The minimum Gasteiger partial charge on any atom is -0.396 e. The van der Waals surface area contributed by atoms with Crippen LogP contribution in [0.2, 0.25) is 0 Å². The van der Waals surface area contributed by atoms with Gasteiger partial charge in [0.15, 0.2) is 5.96 Å². The van der Waals surface area contributed by atoms with E-state index in [0.717, 1.165) is 64.8 Å². The largest absolute Gasteiger partial charge is 0.396 e. The lowest BCUT2D eigenvalue weighted by Crippen LogP contribution is -2.54. The van der Waals surface area contributed by atoms with Crippen molar-refractivity contribution < 1.29 is 14.6 Å². The first-order chi connectivity index (χ1) is 13.2. The summed E-state index contributed by atoms with van der Waals surface area (Å²) in [6.45, 7) is 11.6. The van der Waals surface area contributed by atoms with Gasteiger partial charge in [0.1, 0.15) is 0 Å². The van der Waals surface area contributed by atoms with E-state index < -0.39 is 0 Å². The highest BCUT2D eigenvalue weighted by molar-refractivity contribution is 5.79. The Morgan fingerprint density at radius 3 is 2.44 bits per heavy atom. The van der Waals surface area contributed by atoms with Gasteiger partial charge in [0.05, 0.1) is 19.8 Å². The van der Waals surface area contributed by atoms with Crippen LogP contribution >= 0.6 is 0 Å². The molecule has 0 amide bonds. The van der Waals surface area contributed by atoms with Gasteiger partial charge in [-0.25, -0.2) is 0 Å². The topological polar surface area (TPSA) is 78.4 Å². The highest BCUT2D eigenvalue weighted by Crippen LogP contribution is 2.31. The lowest BCUT2D eigenvalue weighted by atomic mass is 9.84. The summed E-state index contributed by atoms with van der Waals surface area (Å²) in [6, 6.07) is 0.490. The SMILES string of the molecule is CCC(CC)C(CNC(=NC)NCC1(CCO)CCOC1)N1CCOCC1. The van der Waals surface area contributed by atoms with Crippen molar-refractivity contribution in [3.05, 3.63) is 0 Å². The average Bonchev–Trinajstić information content (AvgIpc) is 3.17. The Morgan fingerprint density at radius 1 is 1.15 bits per heavy atom. The summed E-state index contributed by atoms with van der Waals surface area (Å²) in [6.07, 6.45) is 4.12. The van der Waals surface area contributed by atoms with Crippen LogP contribution < -0.4 is 10.6 Å². The van der Waals surface area contributed by atoms with Gasteiger partial charge in [-0.15, -0.1) is 0 Å². The lowest BCUT2D eigenvalue weighted by Gasteiger charge is -2.39. The van der Waals surface area contributed by atoms with Gasteiger partial charge in [0.2, 0.25) is 0 Å². The molecule has 2 aliphatic heterocycles. The fraction of sp³-hybridized carbons (Fsp3) is 0.950. The fourth-order valence-corrected chi connectivity index (χ4v) is 4.34. The summed E-state index contributed by atoms with van der Waals surface area (Å²) in [7, 11) is 1.82. The van der Waals surface area contributed by atoms with E-state index in [2.05, 4.69) is 34.4 Å². The van der Waals surface area contributed by atoms with Crippen molar-refractivity contribution in [1.29, 1.82) is 0 Å². The van der Waals surface area contributed by atoms with E-state index >= 15 is 0 Å². The first kappa shape index (κ1) is 22.4. The number of nitrogens with zero attached hydrogens (tertiary/aromatic N) is 2. The Bertz CT molecular complexity index is 431. The molecule has 2 fully saturated rings. The predicted octanol–water partition coefficient (Wildman–Crippen LogP) is 1.08. The molecule has 2 aliphatic rings. The minimum absolute atomic E-state index is 0.0192. The summed E-state index contributed by atoms with van der Waals surface area (Å²) in [4.78, 5) is 6.99. The maximum absolute atomic E-state index is 9.41. The van der Waals surface area contributed by atoms with Crippen molar-refractivity contribution in [3.8, 4) is 0 Å². The van der Waals surface area contributed by atoms with Crippen LogP contribution in [0.5, 0.6) is 0 Å². The molecule has 2 atom stereocenters. The van der Waals surface area contributed by atoms with Crippen LogP contribution in [0, 0.1) is 11.3 Å². The molecule has 0 aromatic heterocycles. The molecule has 2 rings (SSSR count). The number of hydrogen-bond acceptors (Lipinski definition) is 5. The van der Waals surface area contributed by atoms with E-state index in [-0.39, 0.29) is 12.0 Å². The Balaban J connectivity index is 1.90. The molecule has 7 heteroatoms. The first-order valence-electron chi connectivity index (χ1n) is 10.6. The Labute approximate surface area is 164 Å². The Morgan fingerprint density at radius 2 is 1.89 bits per heavy atom. The van der Waals surface area contributed by atoms with E-state index in [1.165, 1.54) is 12.8 Å². The molecule has 0 aromatic carbocycles. The van der Waals surface area contributed by atoms with Gasteiger partial charge in [0.25, 0.3) is 0 Å². The first-order valence-corrected chi connectivity index (χ1v) is 10.6. The number of aliphatic imine (C=N–C) groups is 1. The van der Waals surface area contributed by atoms with Crippen molar-refractivity contribution >= 4 is 5.96 Å². The molecule has 0 saturated carbocycles. The second-order valence-corrected chi connectivity index (χ2v) is 7.88. The number of hydrogen-bond donors (Lipinski definition) is 3. The molecule has 7 nitrogen and oxygen atoms in total. The zero-order valence-electron chi connectivity index (χ0n) is 17.5. The summed E-state index contributed by atoms with van der Waals surface area (Å²) in [5.41, 5.74) is 0.0192. The second-order valence-electron chi connectivity index (χ2n) is 7.88. The smallest absolute Gasteiger partial charge is 0.191 e. The molecular formula is C20H40N4O3. The third-order valence-corrected chi connectivity index (χ3v) is 6.27. The molecule has 2 heterocycles. The van der Waals surface area contributed by atoms with E-state index in [1.807, 2.05) is 7.05 Å². The molecule has 0 aliphatic carbocycles. The molecule has 0 radical (unpaired) electrons. The standard InChI is InChI=1S/C20H40N4O3/c1-4-17(5-2)18(24-8-12-26-13-9-24)14-22-19(21-3)23-15-20(6-10-25)7-11-27-16-20/h17-18,25H,4-16H2,1-3H3,(H2,21,22,23). The van der Waals surface area contributed by atoms with Crippen molar-refractivity contribution in [2.45, 2.75) is 45.6 Å². The maximum Gasteiger partial charge on any atom is 0.191 e. The molecule has 2 saturated heterocycles. The summed E-state index contributed by atoms with van der Waals surface area (Å²) in [5, 5.41) is 16.4. The van der Waals surface area contributed by atoms with Gasteiger partial charge >= 0.3 is 0 Å². The summed E-state index contributed by atoms with van der Waals surface area (Å²) >= 11 is 0. The number of aliphatic hydroxyl groups excluding tert-OH is 1. The van der Waals surface area contributed by atoms with Crippen LogP contribution in [0.1, 0.15) is 39.5 Å². The van der Waals surface area contributed by atoms with Crippen molar-refractivity contribution in [1.82, 2.24) is 15.5 Å². The highest BCUT2D eigenvalue weighted by Gasteiger charge is 2.34. The number of ether oxygens (including phenoxy) is 2. The van der Waals surface area contributed by atoms with Gasteiger partial charge in [-0.2, -0.15) is 0 Å². The van der Waals surface area contributed by atoms with E-state index in [1.54, 1.807) is 0 Å². The number of rotatable bonds is 10. The zero-order valence-corrected chi connectivity index (χ0v) is 17.5. The predicted molar refractivity (Wildman–Crippen MR) is 109 cm³/mol. The fourth-order valence-electron chi connectivity index (χ4n) is 4.34. The zero-order chi connectivity index (χ0) is 19.5. The molecule has 0 spiro atoms. The average molecular weight is 385 g/mol. The Hall–Kier alpha value is -0.890. The van der Waals surface area contributed by atoms with Crippen LogP contribution in [0.4, 0.5) is 0 Å². The third-order valence-electron chi connectivity index (χ3n) is 6.27. The van der Waals surface area contributed by atoms with Crippen LogP contribution in [0.15, 0.2) is 4.99 Å². The van der Waals surface area contributed by atoms with E-state index in [4.69, 9.17) is 9.47 Å². The van der Waals surface area contributed by atoms with Gasteiger partial charge < -0.3 is 25.2 Å². The van der Waals surface area contributed by atoms with Crippen molar-refractivity contribution in [2.75, 3.05) is 66.3 Å². The minimum atomic E-state index is 0.0192. The number of guanidine groups is 1. The molecule has 158 valence electrons. The molecule has 2 unspecified atom stereocenters. The maximum atomic E-state index is 9.41. The van der Waals surface area contributed by atoms with Crippen LogP contribution in [-0.2, 0) is 9.47 Å². The monoisotopic (exact) mass is 384 g/mol. The second kappa shape index (κ2) is 11.8. The summed E-state index contributed by atoms with van der Waals surface area (Å²) < 4.78 is 11.1. The molecule has 27 heavy (non-hydrogen) atoms. The Kier molecular flexibility index (Phi) is 9.82. The molecule has 3 N–H and O–H groups in total. The molecule has 0 aromatic rings. The van der Waals surface area contributed by atoms with Crippen LogP contribution in [0.25, 0.3) is 0 Å². The van der Waals surface area contributed by atoms with Gasteiger partial charge in [-0.1, -0.05) is 26.7 Å². The normalized spacial score (nSPS) is 25.7. The highest BCUT2D eigenvalue weighted by atomic mass is 16.5. The number of nitrogens with one attached hydrogen (secondary N) is 2. The van der Waals surface area contributed by atoms with Crippen LogP contribution in [-0.4, -0.2) is 88.3 Å². The van der Waals surface area contributed by atoms with E-state index in [9.17, 15) is 5.11 Å². The number of morpholine rings is 1. The molecule has 0 bridgehead atoms. The number of aliphatic hydroxyl groups is 1. The van der Waals surface area contributed by atoms with Crippen molar-refractivity contribution in [3.63, 3.8) is 0 Å². The van der Waals surface area contributed by atoms with Gasteiger partial charge in [-0.05, 0) is 18.8 Å². The van der Waals surface area contributed by atoms with Gasteiger partial charge in [0, 0.05) is 57.9 Å².